The van der Waals surface area contributed by atoms with Crippen LogP contribution in [-0.4, -0.2) is 33.0 Å². The summed E-state index contributed by atoms with van der Waals surface area (Å²) in [4.78, 5) is 4.52. The predicted molar refractivity (Wildman–Crippen MR) is 86.0 cm³/mol. The number of methoxy groups -OCH3 is 1. The minimum atomic E-state index is 0.759. The van der Waals surface area contributed by atoms with Gasteiger partial charge in [0.1, 0.15) is 5.82 Å². The third-order valence-corrected chi connectivity index (χ3v) is 3.68. The monoisotopic (exact) mass is 296 g/mol. The smallest absolute Gasteiger partial charge is 0.140 e. The highest BCUT2D eigenvalue weighted by molar-refractivity contribution is 5.62. The first-order valence-corrected chi connectivity index (χ1v) is 7.40. The van der Waals surface area contributed by atoms with Crippen molar-refractivity contribution in [3.8, 4) is 17.1 Å². The first kappa shape index (κ1) is 14.5. The van der Waals surface area contributed by atoms with Gasteiger partial charge in [0.25, 0.3) is 0 Å². The number of rotatable bonds is 6. The fourth-order valence-electron chi connectivity index (χ4n) is 2.58. The Morgan fingerprint density at radius 1 is 1.18 bits per heavy atom. The molecule has 0 saturated carbocycles. The van der Waals surface area contributed by atoms with Crippen LogP contribution in [0.15, 0.2) is 49.1 Å². The van der Waals surface area contributed by atoms with Crippen LogP contribution in [0.25, 0.3) is 17.1 Å². The molecule has 22 heavy (non-hydrogen) atoms. The van der Waals surface area contributed by atoms with Crippen LogP contribution in [0.5, 0.6) is 0 Å². The lowest BCUT2D eigenvalue weighted by molar-refractivity contribution is 0.190. The van der Waals surface area contributed by atoms with Gasteiger partial charge in [-0.15, -0.1) is 0 Å². The average Bonchev–Trinajstić information content (AvgIpc) is 3.19. The zero-order chi connectivity index (χ0) is 15.4. The fourth-order valence-corrected chi connectivity index (χ4v) is 2.58. The van der Waals surface area contributed by atoms with Gasteiger partial charge < -0.3 is 9.30 Å². The number of ether oxygens (including phenoxy) is 1. The molecule has 5 heteroatoms. The molecule has 5 nitrogen and oxygen atoms in total. The summed E-state index contributed by atoms with van der Waals surface area (Å²) in [6, 6.07) is 8.24. The van der Waals surface area contributed by atoms with Gasteiger partial charge in [0, 0.05) is 50.6 Å². The molecule has 0 bridgehead atoms. The van der Waals surface area contributed by atoms with Crippen molar-refractivity contribution in [1.29, 1.82) is 0 Å². The van der Waals surface area contributed by atoms with Crippen LogP contribution in [0.3, 0.4) is 0 Å². The van der Waals surface area contributed by atoms with E-state index in [9.17, 15) is 0 Å². The first-order chi connectivity index (χ1) is 10.8. The van der Waals surface area contributed by atoms with Gasteiger partial charge in [-0.3, -0.25) is 0 Å². The molecule has 0 fully saturated rings. The number of imidazole rings is 1. The van der Waals surface area contributed by atoms with Crippen LogP contribution in [0.4, 0.5) is 0 Å². The molecular formula is C17H20N4O. The summed E-state index contributed by atoms with van der Waals surface area (Å²) in [7, 11) is 1.73. The van der Waals surface area contributed by atoms with E-state index in [1.807, 2.05) is 29.3 Å². The first-order valence-electron chi connectivity index (χ1n) is 7.40. The maximum Gasteiger partial charge on any atom is 0.140 e. The topological polar surface area (TPSA) is 44.9 Å². The molecule has 0 amide bonds. The van der Waals surface area contributed by atoms with Gasteiger partial charge in [-0.05, 0) is 43.2 Å². The number of aromatic nitrogens is 4. The SMILES string of the molecule is COCCCn1ccnc1-c1ccc(-n2cccn2)cc1C. The van der Waals surface area contributed by atoms with Crippen molar-refractivity contribution in [2.24, 2.45) is 0 Å². The van der Waals surface area contributed by atoms with Gasteiger partial charge in [-0.25, -0.2) is 9.67 Å². The molecule has 1 aromatic carbocycles. The van der Waals surface area contributed by atoms with E-state index in [0.717, 1.165) is 36.6 Å². The molecule has 0 aliphatic carbocycles. The summed E-state index contributed by atoms with van der Waals surface area (Å²) < 4.78 is 9.16. The second kappa shape index (κ2) is 6.58. The minimum Gasteiger partial charge on any atom is -0.385 e. The molecule has 0 N–H and O–H groups in total. The summed E-state index contributed by atoms with van der Waals surface area (Å²) in [5.41, 5.74) is 3.40. The van der Waals surface area contributed by atoms with E-state index in [4.69, 9.17) is 4.74 Å². The summed E-state index contributed by atoms with van der Waals surface area (Å²) >= 11 is 0. The standard InChI is InChI=1S/C17H20N4O/c1-14-13-15(21-10-3-7-19-21)5-6-16(14)17-18-8-11-20(17)9-4-12-22-2/h3,5-8,10-11,13H,4,9,12H2,1-2H3. The molecule has 3 rings (SSSR count). The lowest BCUT2D eigenvalue weighted by atomic mass is 10.1. The summed E-state index contributed by atoms with van der Waals surface area (Å²) in [5, 5.41) is 4.27. The van der Waals surface area contributed by atoms with Crippen molar-refractivity contribution in [2.75, 3.05) is 13.7 Å². The van der Waals surface area contributed by atoms with E-state index >= 15 is 0 Å². The summed E-state index contributed by atoms with van der Waals surface area (Å²) in [5.74, 6) is 1.00. The van der Waals surface area contributed by atoms with E-state index in [2.05, 4.69) is 39.8 Å². The van der Waals surface area contributed by atoms with Crippen LogP contribution in [0, 0.1) is 6.92 Å². The Bertz CT molecular complexity index is 731. The quantitative estimate of drug-likeness (QED) is 0.657. The molecule has 0 aliphatic heterocycles. The molecule has 3 aromatic rings. The number of aryl methyl sites for hydroxylation is 2. The summed E-state index contributed by atoms with van der Waals surface area (Å²) in [6.45, 7) is 3.77. The van der Waals surface area contributed by atoms with Crippen molar-refractivity contribution in [1.82, 2.24) is 19.3 Å². The number of benzene rings is 1. The third-order valence-electron chi connectivity index (χ3n) is 3.68. The second-order valence-corrected chi connectivity index (χ2v) is 5.24. The molecule has 0 unspecified atom stereocenters. The predicted octanol–water partition coefficient (Wildman–Crippen LogP) is 3.08. The zero-order valence-corrected chi connectivity index (χ0v) is 12.9. The van der Waals surface area contributed by atoms with E-state index in [1.54, 1.807) is 13.3 Å². The molecule has 0 atom stereocenters. The van der Waals surface area contributed by atoms with Gasteiger partial charge in [0.2, 0.25) is 0 Å². The fraction of sp³-hybridized carbons (Fsp3) is 0.294. The van der Waals surface area contributed by atoms with Gasteiger partial charge in [-0.1, -0.05) is 0 Å². The minimum absolute atomic E-state index is 0.759. The number of hydrogen-bond donors (Lipinski definition) is 0. The Balaban J connectivity index is 1.88. The molecule has 0 saturated heterocycles. The van der Waals surface area contributed by atoms with Crippen LogP contribution in [0.2, 0.25) is 0 Å². The van der Waals surface area contributed by atoms with Crippen LogP contribution in [0.1, 0.15) is 12.0 Å². The van der Waals surface area contributed by atoms with E-state index in [-0.39, 0.29) is 0 Å². The van der Waals surface area contributed by atoms with Crippen LogP contribution < -0.4 is 0 Å². The summed E-state index contributed by atoms with van der Waals surface area (Å²) in [6.07, 6.45) is 8.57. The van der Waals surface area contributed by atoms with Crippen molar-refractivity contribution < 1.29 is 4.74 Å². The highest BCUT2D eigenvalue weighted by atomic mass is 16.5. The Labute approximate surface area is 130 Å². The van der Waals surface area contributed by atoms with Crippen molar-refractivity contribution in [3.63, 3.8) is 0 Å². The molecule has 0 spiro atoms. The third kappa shape index (κ3) is 2.94. The molecule has 2 heterocycles. The van der Waals surface area contributed by atoms with Crippen molar-refractivity contribution in [3.05, 3.63) is 54.6 Å². The maximum atomic E-state index is 5.12. The normalized spacial score (nSPS) is 11.0. The second-order valence-electron chi connectivity index (χ2n) is 5.24. The number of hydrogen-bond acceptors (Lipinski definition) is 3. The zero-order valence-electron chi connectivity index (χ0n) is 12.9. The average molecular weight is 296 g/mol. The van der Waals surface area contributed by atoms with E-state index in [1.165, 1.54) is 5.56 Å². The molecular weight excluding hydrogens is 276 g/mol. The Hall–Kier alpha value is -2.40. The Kier molecular flexibility index (Phi) is 4.34. The van der Waals surface area contributed by atoms with Gasteiger partial charge >= 0.3 is 0 Å². The van der Waals surface area contributed by atoms with E-state index in [0.29, 0.717) is 0 Å². The van der Waals surface area contributed by atoms with E-state index < -0.39 is 0 Å². The highest BCUT2D eigenvalue weighted by Crippen LogP contribution is 2.24. The molecule has 0 radical (unpaired) electrons. The molecule has 114 valence electrons. The van der Waals surface area contributed by atoms with Gasteiger partial charge in [0.05, 0.1) is 5.69 Å². The maximum absolute atomic E-state index is 5.12. The number of nitrogens with zero attached hydrogens (tertiary/aromatic N) is 4. The van der Waals surface area contributed by atoms with Crippen LogP contribution >= 0.6 is 0 Å². The largest absolute Gasteiger partial charge is 0.385 e. The Morgan fingerprint density at radius 3 is 2.82 bits per heavy atom. The van der Waals surface area contributed by atoms with Crippen LogP contribution in [-0.2, 0) is 11.3 Å². The highest BCUT2D eigenvalue weighted by Gasteiger charge is 2.10. The molecule has 0 aliphatic rings. The van der Waals surface area contributed by atoms with Gasteiger partial charge in [-0.2, -0.15) is 5.10 Å². The van der Waals surface area contributed by atoms with Crippen molar-refractivity contribution >= 4 is 0 Å². The lowest BCUT2D eigenvalue weighted by Gasteiger charge is -2.11. The molecule has 2 aromatic heterocycles. The Morgan fingerprint density at radius 2 is 2.09 bits per heavy atom. The lowest BCUT2D eigenvalue weighted by Crippen LogP contribution is -2.04. The van der Waals surface area contributed by atoms with Crippen molar-refractivity contribution in [2.45, 2.75) is 19.9 Å². The van der Waals surface area contributed by atoms with Gasteiger partial charge in [0.15, 0.2) is 0 Å².